The molecule has 0 aliphatic carbocycles. The van der Waals surface area contributed by atoms with Gasteiger partial charge in [-0.25, -0.2) is 0 Å². The molecule has 0 saturated heterocycles. The molecule has 29 heavy (non-hydrogen) atoms. The third-order valence-corrected chi connectivity index (χ3v) is 6.68. The maximum atomic E-state index is 13.4. The zero-order chi connectivity index (χ0) is 20.5. The van der Waals surface area contributed by atoms with Gasteiger partial charge in [0, 0.05) is 28.8 Å². The number of para-hydroxylation sites is 1. The molecule has 2 heterocycles. The first-order valence-corrected chi connectivity index (χ1v) is 11.0. The first-order valence-electron chi connectivity index (χ1n) is 10.1. The molecule has 0 fully saturated rings. The molecule has 0 bridgehead atoms. The molecule has 0 aromatic heterocycles. The number of anilines is 1. The Morgan fingerprint density at radius 2 is 1.86 bits per heavy atom. The number of rotatable bonds is 4. The number of carbonyl (C=O) groups is 3. The molecular weight excluding hydrogens is 384 g/mol. The standard InChI is InChI=1S/C23H24N2O3S/c1-3-4-12-25-22(27)17-10-9-16(14-18(17)23(25)28)21(26)24-13-11-15(2)29-20-8-6-5-7-19(20)24/h5-10,14-15H,3-4,11-13H2,1-2H3. The molecule has 5 nitrogen and oxygen atoms in total. The lowest BCUT2D eigenvalue weighted by Crippen LogP contribution is -2.32. The Labute approximate surface area is 175 Å². The van der Waals surface area contributed by atoms with Crippen LogP contribution in [0, 0.1) is 0 Å². The minimum atomic E-state index is -0.298. The van der Waals surface area contributed by atoms with Crippen molar-refractivity contribution in [3.05, 3.63) is 59.2 Å². The van der Waals surface area contributed by atoms with Crippen LogP contribution < -0.4 is 4.90 Å². The maximum absolute atomic E-state index is 13.4. The van der Waals surface area contributed by atoms with Gasteiger partial charge >= 0.3 is 0 Å². The predicted molar refractivity (Wildman–Crippen MR) is 115 cm³/mol. The molecule has 1 atom stereocenters. The molecule has 6 heteroatoms. The highest BCUT2D eigenvalue weighted by Gasteiger charge is 2.36. The molecule has 2 aromatic carbocycles. The summed E-state index contributed by atoms with van der Waals surface area (Å²) in [5, 5.41) is 0.417. The second-order valence-electron chi connectivity index (χ2n) is 7.52. The van der Waals surface area contributed by atoms with Crippen LogP contribution in [-0.2, 0) is 0 Å². The van der Waals surface area contributed by atoms with Crippen LogP contribution in [0.4, 0.5) is 5.69 Å². The van der Waals surface area contributed by atoms with Crippen molar-refractivity contribution in [1.29, 1.82) is 0 Å². The number of thioether (sulfide) groups is 1. The molecule has 2 aliphatic rings. The van der Waals surface area contributed by atoms with E-state index in [0.717, 1.165) is 29.8 Å². The van der Waals surface area contributed by atoms with Crippen molar-refractivity contribution in [2.75, 3.05) is 18.0 Å². The van der Waals surface area contributed by atoms with Crippen molar-refractivity contribution in [3.8, 4) is 0 Å². The molecule has 4 rings (SSSR count). The van der Waals surface area contributed by atoms with E-state index in [2.05, 4.69) is 6.92 Å². The number of fused-ring (bicyclic) bond motifs is 2. The van der Waals surface area contributed by atoms with Crippen LogP contribution in [0.1, 0.15) is 64.2 Å². The van der Waals surface area contributed by atoms with Crippen LogP contribution >= 0.6 is 11.8 Å². The van der Waals surface area contributed by atoms with Crippen LogP contribution in [0.25, 0.3) is 0 Å². The Bertz CT molecular complexity index is 988. The fourth-order valence-corrected chi connectivity index (χ4v) is 4.91. The zero-order valence-corrected chi connectivity index (χ0v) is 17.5. The summed E-state index contributed by atoms with van der Waals surface area (Å²) in [6.45, 7) is 5.23. The molecule has 150 valence electrons. The third-order valence-electron chi connectivity index (χ3n) is 5.44. The Morgan fingerprint density at radius 3 is 2.66 bits per heavy atom. The normalized spacial score (nSPS) is 18.5. The highest BCUT2D eigenvalue weighted by molar-refractivity contribution is 8.00. The molecule has 2 aromatic rings. The van der Waals surface area contributed by atoms with E-state index in [-0.39, 0.29) is 17.7 Å². The summed E-state index contributed by atoms with van der Waals surface area (Å²) in [5.41, 5.74) is 2.07. The molecule has 1 unspecified atom stereocenters. The Morgan fingerprint density at radius 1 is 1.10 bits per heavy atom. The van der Waals surface area contributed by atoms with Gasteiger partial charge in [-0.2, -0.15) is 0 Å². The lowest BCUT2D eigenvalue weighted by atomic mass is 10.0. The minimum Gasteiger partial charge on any atom is -0.307 e. The van der Waals surface area contributed by atoms with E-state index in [4.69, 9.17) is 0 Å². The van der Waals surface area contributed by atoms with Gasteiger partial charge in [0.25, 0.3) is 17.7 Å². The number of unbranched alkanes of at least 4 members (excludes halogenated alkanes) is 1. The third kappa shape index (κ3) is 3.57. The highest BCUT2D eigenvalue weighted by atomic mass is 32.2. The Balaban J connectivity index is 1.66. The first kappa shape index (κ1) is 19.7. The highest BCUT2D eigenvalue weighted by Crippen LogP contribution is 2.38. The average molecular weight is 409 g/mol. The SMILES string of the molecule is CCCCN1C(=O)c2ccc(C(=O)N3CCC(C)Sc4ccccc43)cc2C1=O. The summed E-state index contributed by atoms with van der Waals surface area (Å²) in [4.78, 5) is 42.8. The summed E-state index contributed by atoms with van der Waals surface area (Å²) in [7, 11) is 0. The zero-order valence-electron chi connectivity index (χ0n) is 16.7. The van der Waals surface area contributed by atoms with Gasteiger partial charge in [0.2, 0.25) is 0 Å². The second-order valence-corrected chi connectivity index (χ2v) is 9.00. The first-order chi connectivity index (χ1) is 14.0. The van der Waals surface area contributed by atoms with Crippen LogP contribution in [0.3, 0.4) is 0 Å². The summed E-state index contributed by atoms with van der Waals surface area (Å²) in [6, 6.07) is 12.8. The molecule has 3 amide bonds. The van der Waals surface area contributed by atoms with Gasteiger partial charge in [0.1, 0.15) is 0 Å². The summed E-state index contributed by atoms with van der Waals surface area (Å²) < 4.78 is 0. The van der Waals surface area contributed by atoms with Gasteiger partial charge in [-0.15, -0.1) is 11.8 Å². The number of carbonyl (C=O) groups excluding carboxylic acids is 3. The predicted octanol–water partition coefficient (Wildman–Crippen LogP) is 4.61. The largest absolute Gasteiger partial charge is 0.307 e. The fourth-order valence-electron chi connectivity index (χ4n) is 3.80. The van der Waals surface area contributed by atoms with E-state index in [0.29, 0.717) is 35.0 Å². The van der Waals surface area contributed by atoms with E-state index < -0.39 is 0 Å². The van der Waals surface area contributed by atoms with Gasteiger partial charge in [-0.1, -0.05) is 32.4 Å². The molecule has 2 aliphatic heterocycles. The number of hydrogen-bond donors (Lipinski definition) is 0. The summed E-state index contributed by atoms with van der Waals surface area (Å²) >= 11 is 1.78. The Hall–Kier alpha value is -2.60. The van der Waals surface area contributed by atoms with Crippen LogP contribution in [-0.4, -0.2) is 41.0 Å². The van der Waals surface area contributed by atoms with Crippen LogP contribution in [0.5, 0.6) is 0 Å². The molecule has 0 spiro atoms. The monoisotopic (exact) mass is 408 g/mol. The van der Waals surface area contributed by atoms with E-state index in [1.807, 2.05) is 31.2 Å². The van der Waals surface area contributed by atoms with E-state index in [9.17, 15) is 14.4 Å². The van der Waals surface area contributed by atoms with Gasteiger partial charge in [-0.05, 0) is 43.2 Å². The van der Waals surface area contributed by atoms with E-state index in [1.54, 1.807) is 34.9 Å². The number of amides is 3. The second kappa shape index (κ2) is 8.03. The van der Waals surface area contributed by atoms with Crippen molar-refractivity contribution in [2.24, 2.45) is 0 Å². The molecule has 0 radical (unpaired) electrons. The summed E-state index contributed by atoms with van der Waals surface area (Å²) in [6.07, 6.45) is 2.57. The maximum Gasteiger partial charge on any atom is 0.261 e. The van der Waals surface area contributed by atoms with Gasteiger partial charge in [-0.3, -0.25) is 19.3 Å². The number of imide groups is 1. The van der Waals surface area contributed by atoms with Crippen molar-refractivity contribution in [3.63, 3.8) is 0 Å². The van der Waals surface area contributed by atoms with Crippen molar-refractivity contribution in [1.82, 2.24) is 4.90 Å². The van der Waals surface area contributed by atoms with E-state index in [1.165, 1.54) is 4.90 Å². The van der Waals surface area contributed by atoms with Crippen LogP contribution in [0.15, 0.2) is 47.4 Å². The average Bonchev–Trinajstić information content (AvgIpc) is 2.86. The quantitative estimate of drug-likeness (QED) is 0.693. The Kier molecular flexibility index (Phi) is 5.46. The summed E-state index contributed by atoms with van der Waals surface area (Å²) in [5.74, 6) is -0.696. The molecule has 0 N–H and O–H groups in total. The minimum absolute atomic E-state index is 0.137. The topological polar surface area (TPSA) is 57.7 Å². The lowest BCUT2D eigenvalue weighted by Gasteiger charge is -2.22. The smallest absolute Gasteiger partial charge is 0.261 e. The molecule has 0 saturated carbocycles. The van der Waals surface area contributed by atoms with Gasteiger partial charge in [0.05, 0.1) is 16.8 Å². The number of hydrogen-bond acceptors (Lipinski definition) is 4. The number of nitrogens with zero attached hydrogens (tertiary/aromatic N) is 2. The van der Waals surface area contributed by atoms with Crippen LogP contribution in [0.2, 0.25) is 0 Å². The lowest BCUT2D eigenvalue weighted by molar-refractivity contribution is 0.0652. The molecular formula is C23H24N2O3S. The van der Waals surface area contributed by atoms with Gasteiger partial charge in [0.15, 0.2) is 0 Å². The van der Waals surface area contributed by atoms with E-state index >= 15 is 0 Å². The van der Waals surface area contributed by atoms with Crippen molar-refractivity contribution in [2.45, 2.75) is 43.3 Å². The van der Waals surface area contributed by atoms with Crippen molar-refractivity contribution < 1.29 is 14.4 Å². The van der Waals surface area contributed by atoms with Gasteiger partial charge < -0.3 is 4.90 Å². The number of benzene rings is 2. The fraction of sp³-hybridized carbons (Fsp3) is 0.348. The van der Waals surface area contributed by atoms with Crippen molar-refractivity contribution >= 4 is 35.2 Å².